The van der Waals surface area contributed by atoms with Crippen LogP contribution in [0.1, 0.15) is 13.8 Å². The zero-order valence-corrected chi connectivity index (χ0v) is 14.7. The van der Waals surface area contributed by atoms with Crippen LogP contribution in [0, 0.1) is 0 Å². The Morgan fingerprint density at radius 2 is 2.08 bits per heavy atom. The molecule has 25 heavy (non-hydrogen) atoms. The van der Waals surface area contributed by atoms with Crippen LogP contribution in [0.15, 0.2) is 77.7 Å². The molecular formula is C18H20ClF3N2O. The molecule has 1 N–H and O–H groups in total. The van der Waals surface area contributed by atoms with Gasteiger partial charge in [-0.15, -0.1) is 24.8 Å². The molecule has 0 aromatic rings. The second kappa shape index (κ2) is 9.32. The van der Waals surface area contributed by atoms with Crippen LogP contribution in [-0.2, 0) is 4.74 Å². The Labute approximate surface area is 150 Å². The highest BCUT2D eigenvalue weighted by Crippen LogP contribution is 2.21. The number of hydrogen-bond acceptors (Lipinski definition) is 3. The lowest BCUT2D eigenvalue weighted by molar-refractivity contribution is -0.305. The number of amidine groups is 1. The minimum atomic E-state index is -4.72. The van der Waals surface area contributed by atoms with Crippen molar-refractivity contribution in [2.75, 3.05) is 0 Å². The van der Waals surface area contributed by atoms with Gasteiger partial charge in [-0.2, -0.15) is 0 Å². The number of nitrogens with zero attached hydrogens (tertiary/aromatic N) is 1. The molecule has 2 atom stereocenters. The molecule has 0 aromatic heterocycles. The van der Waals surface area contributed by atoms with E-state index >= 15 is 0 Å². The standard InChI is InChI=1S/C18H20ClF3N2O/c1-5-7-15(19)17-12(3)8-11-16(24-17)23-14(6-2)10-9-13(4)25-18(20,21)22/h5-11,15,17H,2-3H2,1,4H3,(H,23,24)/b7-5-,13-9+,14-10+. The largest absolute Gasteiger partial charge is 0.572 e. The topological polar surface area (TPSA) is 33.6 Å². The number of alkyl halides is 4. The first-order valence-electron chi connectivity index (χ1n) is 7.41. The molecule has 0 radical (unpaired) electrons. The molecule has 7 heteroatoms. The van der Waals surface area contributed by atoms with Gasteiger partial charge >= 0.3 is 6.36 Å². The summed E-state index contributed by atoms with van der Waals surface area (Å²) in [6.07, 6.45) is 6.46. The molecule has 1 heterocycles. The molecule has 0 fully saturated rings. The number of allylic oxidation sites excluding steroid dienone is 5. The summed E-state index contributed by atoms with van der Waals surface area (Å²) in [5.41, 5.74) is 1.22. The highest BCUT2D eigenvalue weighted by molar-refractivity contribution is 6.22. The number of hydrogen-bond donors (Lipinski definition) is 1. The van der Waals surface area contributed by atoms with Gasteiger partial charge in [-0.1, -0.05) is 31.4 Å². The van der Waals surface area contributed by atoms with Gasteiger partial charge in [0.25, 0.3) is 0 Å². The van der Waals surface area contributed by atoms with Crippen LogP contribution in [0.2, 0.25) is 0 Å². The molecule has 0 aliphatic carbocycles. The van der Waals surface area contributed by atoms with Crippen LogP contribution in [0.3, 0.4) is 0 Å². The Hall–Kier alpha value is -2.21. The summed E-state index contributed by atoms with van der Waals surface area (Å²) in [4.78, 5) is 4.47. The van der Waals surface area contributed by atoms with Gasteiger partial charge in [-0.05, 0) is 43.7 Å². The molecule has 0 spiro atoms. The molecule has 1 aliphatic rings. The quantitative estimate of drug-likeness (QED) is 0.302. The zero-order chi connectivity index (χ0) is 19.0. The van der Waals surface area contributed by atoms with Crippen LogP contribution in [-0.4, -0.2) is 23.6 Å². The molecule has 1 aliphatic heterocycles. The Kier molecular flexibility index (Phi) is 7.77. The summed E-state index contributed by atoms with van der Waals surface area (Å²) in [6, 6.07) is -0.331. The highest BCUT2D eigenvalue weighted by atomic mass is 35.5. The first kappa shape index (κ1) is 20.8. The summed E-state index contributed by atoms with van der Waals surface area (Å²) in [5.74, 6) is 0.205. The Morgan fingerprint density at radius 1 is 1.40 bits per heavy atom. The fourth-order valence-electron chi connectivity index (χ4n) is 1.93. The van der Waals surface area contributed by atoms with Gasteiger partial charge in [0.1, 0.15) is 11.6 Å². The third-order valence-electron chi connectivity index (χ3n) is 3.06. The van der Waals surface area contributed by atoms with Crippen molar-refractivity contribution < 1.29 is 17.9 Å². The molecule has 1 rings (SSSR count). The molecule has 0 saturated heterocycles. The normalized spacial score (nSPS) is 20.5. The van der Waals surface area contributed by atoms with Gasteiger partial charge < -0.3 is 10.1 Å². The smallest absolute Gasteiger partial charge is 0.411 e. The molecule has 2 unspecified atom stereocenters. The number of rotatable bonds is 6. The molecular weight excluding hydrogens is 353 g/mol. The van der Waals surface area contributed by atoms with Gasteiger partial charge in [0.05, 0.1) is 11.4 Å². The van der Waals surface area contributed by atoms with Crippen molar-refractivity contribution >= 4 is 17.4 Å². The first-order chi connectivity index (χ1) is 11.7. The maximum Gasteiger partial charge on any atom is 0.572 e. The Balaban J connectivity index is 2.90. The summed E-state index contributed by atoms with van der Waals surface area (Å²) in [6.45, 7) is 10.6. The van der Waals surface area contributed by atoms with E-state index in [9.17, 15) is 13.2 Å². The molecule has 3 nitrogen and oxygen atoms in total. The minimum Gasteiger partial charge on any atom is -0.411 e. The van der Waals surface area contributed by atoms with E-state index in [-0.39, 0.29) is 17.2 Å². The number of aliphatic imine (C=N–C) groups is 1. The fourth-order valence-corrected chi connectivity index (χ4v) is 2.30. The lowest BCUT2D eigenvalue weighted by Crippen LogP contribution is -2.29. The summed E-state index contributed by atoms with van der Waals surface area (Å²) < 4.78 is 40.2. The van der Waals surface area contributed by atoms with E-state index in [4.69, 9.17) is 11.6 Å². The van der Waals surface area contributed by atoms with Crippen LogP contribution in [0.4, 0.5) is 13.2 Å². The molecule has 0 aromatic carbocycles. The van der Waals surface area contributed by atoms with E-state index in [1.807, 2.05) is 19.1 Å². The fraction of sp³-hybridized carbons (Fsp3) is 0.278. The molecule has 136 valence electrons. The lowest BCUT2D eigenvalue weighted by Gasteiger charge is -2.22. The van der Waals surface area contributed by atoms with E-state index in [0.29, 0.717) is 11.5 Å². The van der Waals surface area contributed by atoms with Gasteiger partial charge in [-0.3, -0.25) is 4.99 Å². The predicted molar refractivity (Wildman–Crippen MR) is 96.3 cm³/mol. The minimum absolute atomic E-state index is 0.296. The highest BCUT2D eigenvalue weighted by Gasteiger charge is 2.30. The van der Waals surface area contributed by atoms with Crippen LogP contribution >= 0.6 is 11.6 Å². The van der Waals surface area contributed by atoms with Crippen molar-refractivity contribution in [2.24, 2.45) is 4.99 Å². The van der Waals surface area contributed by atoms with Gasteiger partial charge in [0.15, 0.2) is 0 Å². The van der Waals surface area contributed by atoms with E-state index in [2.05, 4.69) is 28.2 Å². The number of halogens is 4. The van der Waals surface area contributed by atoms with Crippen molar-refractivity contribution in [1.29, 1.82) is 0 Å². The monoisotopic (exact) mass is 372 g/mol. The zero-order valence-electron chi connectivity index (χ0n) is 14.0. The van der Waals surface area contributed by atoms with Crippen molar-refractivity contribution in [3.63, 3.8) is 0 Å². The molecule has 0 amide bonds. The SMILES string of the molecule is C=C/C(=C\C=C(/C)OC(F)(F)F)NC1=NC(C(Cl)/C=C\C)C(=C)C=C1. The van der Waals surface area contributed by atoms with Gasteiger partial charge in [-0.25, -0.2) is 0 Å². The first-order valence-corrected chi connectivity index (χ1v) is 7.85. The van der Waals surface area contributed by atoms with Gasteiger partial charge in [0.2, 0.25) is 0 Å². The van der Waals surface area contributed by atoms with E-state index in [0.717, 1.165) is 5.57 Å². The maximum atomic E-state index is 12.1. The summed E-state index contributed by atoms with van der Waals surface area (Å²) in [5, 5.41) is 2.62. The number of nitrogens with one attached hydrogen (secondary N) is 1. The Bertz CT molecular complexity index is 658. The maximum absolute atomic E-state index is 12.1. The van der Waals surface area contributed by atoms with Crippen molar-refractivity contribution in [3.05, 3.63) is 72.7 Å². The van der Waals surface area contributed by atoms with Crippen molar-refractivity contribution in [2.45, 2.75) is 31.6 Å². The van der Waals surface area contributed by atoms with E-state index in [1.54, 1.807) is 12.2 Å². The Morgan fingerprint density at radius 3 is 2.64 bits per heavy atom. The third kappa shape index (κ3) is 7.47. The van der Waals surface area contributed by atoms with Crippen LogP contribution in [0.5, 0.6) is 0 Å². The average molecular weight is 373 g/mol. The second-order valence-electron chi connectivity index (χ2n) is 5.11. The average Bonchev–Trinajstić information content (AvgIpc) is 2.51. The summed E-state index contributed by atoms with van der Waals surface area (Å²) >= 11 is 6.27. The third-order valence-corrected chi connectivity index (χ3v) is 3.44. The molecule has 0 bridgehead atoms. The van der Waals surface area contributed by atoms with E-state index in [1.165, 1.54) is 25.2 Å². The van der Waals surface area contributed by atoms with E-state index < -0.39 is 6.36 Å². The van der Waals surface area contributed by atoms with Crippen LogP contribution in [0.25, 0.3) is 0 Å². The number of ether oxygens (including phenoxy) is 1. The van der Waals surface area contributed by atoms with Gasteiger partial charge in [0, 0.05) is 5.70 Å². The number of dihydropyridines is 1. The predicted octanol–water partition coefficient (Wildman–Crippen LogP) is 5.16. The summed E-state index contributed by atoms with van der Waals surface area (Å²) in [7, 11) is 0. The van der Waals surface area contributed by atoms with Crippen molar-refractivity contribution in [1.82, 2.24) is 5.32 Å². The molecule has 0 saturated carbocycles. The second-order valence-corrected chi connectivity index (χ2v) is 5.62. The van der Waals surface area contributed by atoms with Crippen LogP contribution < -0.4 is 5.32 Å². The lowest BCUT2D eigenvalue weighted by atomic mass is 10.0. The van der Waals surface area contributed by atoms with Crippen molar-refractivity contribution in [3.8, 4) is 0 Å².